The highest BCUT2D eigenvalue weighted by molar-refractivity contribution is 5.32. The molecule has 0 radical (unpaired) electrons. The van der Waals surface area contributed by atoms with Crippen molar-refractivity contribution in [1.29, 1.82) is 0 Å². The summed E-state index contributed by atoms with van der Waals surface area (Å²) in [6.45, 7) is 6.35. The van der Waals surface area contributed by atoms with Gasteiger partial charge in [0.1, 0.15) is 5.75 Å². The van der Waals surface area contributed by atoms with E-state index in [-0.39, 0.29) is 0 Å². The monoisotopic (exact) mass is 179 g/mol. The fourth-order valence-electron chi connectivity index (χ4n) is 1.28. The van der Waals surface area contributed by atoms with Gasteiger partial charge in [0.05, 0.1) is 12.8 Å². The number of ether oxygens (including phenoxy) is 1. The molecule has 0 aliphatic heterocycles. The molecule has 1 heterocycles. The molecule has 0 bridgehead atoms. The Bertz CT molecular complexity index is 283. The summed E-state index contributed by atoms with van der Waals surface area (Å²) in [7, 11) is 1.70. The molecule has 13 heavy (non-hydrogen) atoms. The van der Waals surface area contributed by atoms with Crippen molar-refractivity contribution in [1.82, 2.24) is 4.98 Å². The van der Waals surface area contributed by atoms with Crippen molar-refractivity contribution in [3.8, 4) is 5.75 Å². The van der Waals surface area contributed by atoms with Crippen molar-refractivity contribution >= 4 is 0 Å². The molecule has 1 aromatic rings. The maximum absolute atomic E-state index is 5.29. The van der Waals surface area contributed by atoms with Crippen LogP contribution in [0.5, 0.6) is 5.75 Å². The third-order valence-corrected chi connectivity index (χ3v) is 2.32. The molecule has 1 unspecified atom stereocenters. The van der Waals surface area contributed by atoms with E-state index in [0.29, 0.717) is 5.92 Å². The van der Waals surface area contributed by atoms with Gasteiger partial charge in [-0.05, 0) is 25.0 Å². The molecule has 1 aromatic heterocycles. The van der Waals surface area contributed by atoms with Gasteiger partial charge >= 0.3 is 0 Å². The van der Waals surface area contributed by atoms with Gasteiger partial charge in [0.2, 0.25) is 0 Å². The van der Waals surface area contributed by atoms with E-state index in [1.54, 1.807) is 7.11 Å². The first kappa shape index (κ1) is 10.0. The summed E-state index contributed by atoms with van der Waals surface area (Å²) >= 11 is 0. The van der Waals surface area contributed by atoms with Crippen LogP contribution >= 0.6 is 0 Å². The number of hydrogen-bond acceptors (Lipinski definition) is 2. The van der Waals surface area contributed by atoms with E-state index in [1.807, 2.05) is 19.2 Å². The molecule has 0 spiro atoms. The zero-order valence-electron chi connectivity index (χ0n) is 8.79. The first-order valence-electron chi connectivity index (χ1n) is 4.69. The van der Waals surface area contributed by atoms with E-state index in [4.69, 9.17) is 4.74 Å². The molecule has 0 fully saturated rings. The van der Waals surface area contributed by atoms with Crippen LogP contribution in [0.2, 0.25) is 0 Å². The van der Waals surface area contributed by atoms with Gasteiger partial charge in [0.25, 0.3) is 0 Å². The Morgan fingerprint density at radius 3 is 2.77 bits per heavy atom. The first-order chi connectivity index (χ1) is 6.19. The number of aryl methyl sites for hydroxylation is 1. The van der Waals surface area contributed by atoms with Gasteiger partial charge in [-0.25, -0.2) is 0 Å². The number of hydrogen-bond donors (Lipinski definition) is 0. The minimum atomic E-state index is 0.468. The van der Waals surface area contributed by atoms with Crippen LogP contribution < -0.4 is 4.74 Å². The van der Waals surface area contributed by atoms with Crippen LogP contribution in [0.15, 0.2) is 12.3 Å². The predicted octanol–water partition coefficient (Wildman–Crippen LogP) is 2.91. The lowest BCUT2D eigenvalue weighted by molar-refractivity contribution is 0.402. The largest absolute Gasteiger partial charge is 0.495 e. The molecular weight excluding hydrogens is 162 g/mol. The fourth-order valence-corrected chi connectivity index (χ4v) is 1.28. The summed E-state index contributed by atoms with van der Waals surface area (Å²) in [5, 5.41) is 0. The zero-order chi connectivity index (χ0) is 9.84. The van der Waals surface area contributed by atoms with Crippen molar-refractivity contribution in [2.24, 2.45) is 0 Å². The quantitative estimate of drug-likeness (QED) is 0.711. The molecule has 0 N–H and O–H groups in total. The molecule has 1 rings (SSSR count). The molecule has 0 saturated carbocycles. The highest BCUT2D eigenvalue weighted by atomic mass is 16.5. The van der Waals surface area contributed by atoms with Crippen molar-refractivity contribution in [2.45, 2.75) is 33.1 Å². The number of pyridine rings is 1. The number of aromatic nitrogens is 1. The Hall–Kier alpha value is -1.05. The second-order valence-electron chi connectivity index (χ2n) is 3.41. The Morgan fingerprint density at radius 1 is 1.54 bits per heavy atom. The average molecular weight is 179 g/mol. The normalized spacial score (nSPS) is 12.6. The lowest BCUT2D eigenvalue weighted by atomic mass is 10.0. The average Bonchev–Trinajstić information content (AvgIpc) is 2.16. The van der Waals surface area contributed by atoms with E-state index in [9.17, 15) is 0 Å². The van der Waals surface area contributed by atoms with Crippen LogP contribution in [0.25, 0.3) is 0 Å². The Balaban J connectivity index is 3.05. The summed E-state index contributed by atoms with van der Waals surface area (Å²) in [4.78, 5) is 4.39. The SMILES string of the molecule is CCC(C)c1ncc(C)cc1OC. The van der Waals surface area contributed by atoms with E-state index >= 15 is 0 Å². The first-order valence-corrected chi connectivity index (χ1v) is 4.69. The van der Waals surface area contributed by atoms with E-state index < -0.39 is 0 Å². The van der Waals surface area contributed by atoms with Crippen LogP contribution in [-0.2, 0) is 0 Å². The molecule has 0 saturated heterocycles. The zero-order valence-corrected chi connectivity index (χ0v) is 8.79. The van der Waals surface area contributed by atoms with Crippen LogP contribution in [-0.4, -0.2) is 12.1 Å². The third kappa shape index (κ3) is 2.20. The highest BCUT2D eigenvalue weighted by Gasteiger charge is 2.10. The minimum absolute atomic E-state index is 0.468. The topological polar surface area (TPSA) is 22.1 Å². The van der Waals surface area contributed by atoms with Crippen molar-refractivity contribution in [3.63, 3.8) is 0 Å². The molecule has 0 aliphatic carbocycles. The Kier molecular flexibility index (Phi) is 3.29. The Morgan fingerprint density at radius 2 is 2.23 bits per heavy atom. The predicted molar refractivity (Wildman–Crippen MR) is 54.2 cm³/mol. The van der Waals surface area contributed by atoms with Gasteiger partial charge in [-0.3, -0.25) is 4.98 Å². The number of nitrogens with zero attached hydrogens (tertiary/aromatic N) is 1. The van der Waals surface area contributed by atoms with Crippen molar-refractivity contribution in [3.05, 3.63) is 23.5 Å². The molecule has 72 valence electrons. The lowest BCUT2D eigenvalue weighted by Crippen LogP contribution is -2.00. The van der Waals surface area contributed by atoms with Crippen LogP contribution in [0.3, 0.4) is 0 Å². The van der Waals surface area contributed by atoms with Gasteiger partial charge in [0, 0.05) is 12.1 Å². The standard InChI is InChI=1S/C11H17NO/c1-5-9(3)11-10(13-4)6-8(2)7-12-11/h6-7,9H,5H2,1-4H3. The molecule has 1 atom stereocenters. The van der Waals surface area contributed by atoms with Crippen LogP contribution in [0.1, 0.15) is 37.4 Å². The fraction of sp³-hybridized carbons (Fsp3) is 0.545. The van der Waals surface area contributed by atoms with Crippen molar-refractivity contribution in [2.75, 3.05) is 7.11 Å². The van der Waals surface area contributed by atoms with Gasteiger partial charge in [-0.1, -0.05) is 13.8 Å². The van der Waals surface area contributed by atoms with Gasteiger partial charge < -0.3 is 4.74 Å². The molecular formula is C11H17NO. The van der Waals surface area contributed by atoms with Gasteiger partial charge in [-0.15, -0.1) is 0 Å². The summed E-state index contributed by atoms with van der Waals surface area (Å²) in [5.74, 6) is 1.38. The van der Waals surface area contributed by atoms with Gasteiger partial charge in [-0.2, -0.15) is 0 Å². The molecule has 2 nitrogen and oxygen atoms in total. The summed E-state index contributed by atoms with van der Waals surface area (Å²) in [5.41, 5.74) is 2.21. The van der Waals surface area contributed by atoms with Gasteiger partial charge in [0.15, 0.2) is 0 Å². The molecule has 0 amide bonds. The molecule has 0 aromatic carbocycles. The molecule has 0 aliphatic rings. The summed E-state index contributed by atoms with van der Waals surface area (Å²) in [6.07, 6.45) is 2.98. The number of methoxy groups -OCH3 is 1. The second kappa shape index (κ2) is 4.26. The van der Waals surface area contributed by atoms with Crippen molar-refractivity contribution < 1.29 is 4.74 Å². The van der Waals surface area contributed by atoms with E-state index in [0.717, 1.165) is 23.4 Å². The van der Waals surface area contributed by atoms with E-state index in [2.05, 4.69) is 18.8 Å². The molecule has 2 heteroatoms. The van der Waals surface area contributed by atoms with Crippen LogP contribution in [0.4, 0.5) is 0 Å². The summed E-state index contributed by atoms with van der Waals surface area (Å²) in [6, 6.07) is 2.04. The highest BCUT2D eigenvalue weighted by Crippen LogP contribution is 2.26. The lowest BCUT2D eigenvalue weighted by Gasteiger charge is -2.12. The van der Waals surface area contributed by atoms with E-state index in [1.165, 1.54) is 0 Å². The van der Waals surface area contributed by atoms with Crippen LogP contribution in [0, 0.1) is 6.92 Å². The maximum atomic E-state index is 5.29. The minimum Gasteiger partial charge on any atom is -0.495 e. The Labute approximate surface area is 80.0 Å². The summed E-state index contributed by atoms with van der Waals surface area (Å²) < 4.78 is 5.29. The smallest absolute Gasteiger partial charge is 0.140 e. The second-order valence-corrected chi connectivity index (χ2v) is 3.41. The number of rotatable bonds is 3. The third-order valence-electron chi connectivity index (χ3n) is 2.32. The maximum Gasteiger partial charge on any atom is 0.140 e.